The molecule has 0 amide bonds. The van der Waals surface area contributed by atoms with Gasteiger partial charge in [-0.1, -0.05) is 0 Å². The van der Waals surface area contributed by atoms with E-state index < -0.39 is 0 Å². The summed E-state index contributed by atoms with van der Waals surface area (Å²) < 4.78 is 10.5. The van der Waals surface area contributed by atoms with Crippen LogP contribution < -0.4 is 9.47 Å². The SMILES string of the molecule is COc1c(C)c(C)c(S)c2c1O2. The van der Waals surface area contributed by atoms with Gasteiger partial charge < -0.3 is 9.47 Å². The highest BCUT2D eigenvalue weighted by Gasteiger charge is 2.32. The van der Waals surface area contributed by atoms with Crippen molar-refractivity contribution in [3.05, 3.63) is 11.1 Å². The fourth-order valence-corrected chi connectivity index (χ4v) is 1.63. The third kappa shape index (κ3) is 0.829. The zero-order valence-electron chi connectivity index (χ0n) is 7.26. The Morgan fingerprint density at radius 1 is 1.17 bits per heavy atom. The summed E-state index contributed by atoms with van der Waals surface area (Å²) in [5.74, 6) is 2.57. The molecule has 0 aromatic heterocycles. The van der Waals surface area contributed by atoms with Crippen LogP contribution in [0.25, 0.3) is 0 Å². The predicted octanol–water partition coefficient (Wildman–Crippen LogP) is 2.71. The van der Waals surface area contributed by atoms with Crippen LogP contribution in [-0.4, -0.2) is 7.11 Å². The molecule has 0 N–H and O–H groups in total. The van der Waals surface area contributed by atoms with E-state index in [1.807, 2.05) is 13.8 Å². The lowest BCUT2D eigenvalue weighted by molar-refractivity contribution is 0.405. The normalized spacial score (nSPS) is 12.0. The van der Waals surface area contributed by atoms with Crippen molar-refractivity contribution in [2.45, 2.75) is 18.7 Å². The number of ether oxygens (including phenoxy) is 2. The Morgan fingerprint density at radius 2 is 1.83 bits per heavy atom. The molecule has 0 unspecified atom stereocenters. The molecule has 1 aromatic rings. The summed E-state index contributed by atoms with van der Waals surface area (Å²) in [5.41, 5.74) is 2.24. The molecular weight excluding hydrogens is 172 g/mol. The van der Waals surface area contributed by atoms with Crippen LogP contribution in [0.5, 0.6) is 17.2 Å². The maximum absolute atomic E-state index is 5.25. The van der Waals surface area contributed by atoms with Gasteiger partial charge in [-0.25, -0.2) is 0 Å². The molecule has 3 heteroatoms. The van der Waals surface area contributed by atoms with Crippen molar-refractivity contribution >= 4 is 12.6 Å². The molecule has 0 spiro atoms. The summed E-state index contributed by atoms with van der Waals surface area (Å²) >= 11 is 4.34. The Labute approximate surface area is 76.9 Å². The van der Waals surface area contributed by atoms with Crippen molar-refractivity contribution in [2.24, 2.45) is 0 Å². The minimum absolute atomic E-state index is 0.848. The van der Waals surface area contributed by atoms with Crippen molar-refractivity contribution in [1.82, 2.24) is 0 Å². The molecule has 1 aromatic carbocycles. The van der Waals surface area contributed by atoms with Crippen LogP contribution in [0.1, 0.15) is 11.1 Å². The van der Waals surface area contributed by atoms with Gasteiger partial charge in [-0.3, -0.25) is 0 Å². The molecule has 0 saturated heterocycles. The van der Waals surface area contributed by atoms with E-state index >= 15 is 0 Å². The van der Waals surface area contributed by atoms with Crippen LogP contribution in [0.3, 0.4) is 0 Å². The highest BCUT2D eigenvalue weighted by Crippen LogP contribution is 2.58. The van der Waals surface area contributed by atoms with Gasteiger partial charge in [0.25, 0.3) is 0 Å². The molecule has 1 aliphatic heterocycles. The molecule has 2 rings (SSSR count). The average molecular weight is 182 g/mol. The Kier molecular flexibility index (Phi) is 1.51. The maximum Gasteiger partial charge on any atom is 0.213 e. The van der Waals surface area contributed by atoms with Gasteiger partial charge in [-0.15, -0.1) is 12.6 Å². The standard InChI is InChI=1S/C9H10O2S/c1-4-5(2)9(12)8-7(11-8)6(4)10-3/h12H,1-3H3. The molecule has 0 saturated carbocycles. The first kappa shape index (κ1) is 7.80. The maximum atomic E-state index is 5.25. The fourth-order valence-electron chi connectivity index (χ4n) is 1.32. The second-order valence-electron chi connectivity index (χ2n) is 2.89. The van der Waals surface area contributed by atoms with E-state index in [0.717, 1.165) is 33.3 Å². The van der Waals surface area contributed by atoms with Gasteiger partial charge in [-0.05, 0) is 25.0 Å². The van der Waals surface area contributed by atoms with Crippen LogP contribution >= 0.6 is 12.6 Å². The minimum Gasteiger partial charge on any atom is -0.492 e. The summed E-state index contributed by atoms with van der Waals surface area (Å²) in [6, 6.07) is 0. The molecule has 2 nitrogen and oxygen atoms in total. The summed E-state index contributed by atoms with van der Waals surface area (Å²) in [6.45, 7) is 4.03. The molecule has 64 valence electrons. The van der Waals surface area contributed by atoms with Crippen molar-refractivity contribution in [2.75, 3.05) is 7.11 Å². The van der Waals surface area contributed by atoms with E-state index in [2.05, 4.69) is 12.6 Å². The van der Waals surface area contributed by atoms with Crippen LogP contribution in [0, 0.1) is 13.8 Å². The summed E-state index contributed by atoms with van der Waals surface area (Å²) in [6.07, 6.45) is 0. The molecule has 1 heterocycles. The number of benzene rings is 1. The van der Waals surface area contributed by atoms with Crippen LogP contribution in [-0.2, 0) is 0 Å². The lowest BCUT2D eigenvalue weighted by Gasteiger charge is -2.04. The van der Waals surface area contributed by atoms with Gasteiger partial charge in [0.05, 0.1) is 12.0 Å². The minimum atomic E-state index is 0.848. The first-order valence-corrected chi connectivity index (χ1v) is 4.19. The number of fused-ring (bicyclic) bond motifs is 1. The molecule has 0 fully saturated rings. The van der Waals surface area contributed by atoms with E-state index in [1.165, 1.54) is 0 Å². The first-order chi connectivity index (χ1) is 5.66. The predicted molar refractivity (Wildman–Crippen MR) is 49.8 cm³/mol. The largest absolute Gasteiger partial charge is 0.492 e. The lowest BCUT2D eigenvalue weighted by atomic mass is 10.1. The van der Waals surface area contributed by atoms with Crippen LogP contribution in [0.4, 0.5) is 0 Å². The highest BCUT2D eigenvalue weighted by atomic mass is 32.1. The number of hydrogen-bond acceptors (Lipinski definition) is 3. The summed E-state index contributed by atoms with van der Waals surface area (Å²) in [7, 11) is 1.65. The number of hydrogen-bond donors (Lipinski definition) is 1. The van der Waals surface area contributed by atoms with Gasteiger partial charge in [0.1, 0.15) is 0 Å². The monoisotopic (exact) mass is 182 g/mol. The number of thiol groups is 1. The molecular formula is C9H10O2S. The second kappa shape index (κ2) is 2.33. The molecule has 0 radical (unpaired) electrons. The van der Waals surface area contributed by atoms with E-state index in [1.54, 1.807) is 7.11 Å². The zero-order chi connectivity index (χ0) is 8.88. The van der Waals surface area contributed by atoms with Crippen molar-refractivity contribution in [3.63, 3.8) is 0 Å². The van der Waals surface area contributed by atoms with Crippen LogP contribution in [0.15, 0.2) is 4.90 Å². The molecule has 0 atom stereocenters. The highest BCUT2D eigenvalue weighted by molar-refractivity contribution is 7.80. The van der Waals surface area contributed by atoms with Crippen molar-refractivity contribution in [1.29, 1.82) is 0 Å². The Morgan fingerprint density at radius 3 is 2.42 bits per heavy atom. The second-order valence-corrected chi connectivity index (χ2v) is 3.34. The molecule has 12 heavy (non-hydrogen) atoms. The van der Waals surface area contributed by atoms with Gasteiger partial charge in [0.15, 0.2) is 11.5 Å². The van der Waals surface area contributed by atoms with E-state index in [0.29, 0.717) is 0 Å². The van der Waals surface area contributed by atoms with Crippen LogP contribution in [0.2, 0.25) is 0 Å². The van der Waals surface area contributed by atoms with Gasteiger partial charge in [-0.2, -0.15) is 0 Å². The first-order valence-electron chi connectivity index (χ1n) is 3.74. The molecule has 0 bridgehead atoms. The van der Waals surface area contributed by atoms with E-state index in [4.69, 9.17) is 9.47 Å². The average Bonchev–Trinajstić information content (AvgIpc) is 2.81. The van der Waals surface area contributed by atoms with Crippen molar-refractivity contribution in [3.8, 4) is 17.2 Å². The van der Waals surface area contributed by atoms with Crippen molar-refractivity contribution < 1.29 is 9.47 Å². The Hall–Kier alpha value is -0.830. The third-order valence-corrected chi connectivity index (χ3v) is 2.79. The van der Waals surface area contributed by atoms with Gasteiger partial charge >= 0.3 is 0 Å². The van der Waals surface area contributed by atoms with Gasteiger partial charge in [0.2, 0.25) is 5.75 Å². The quantitative estimate of drug-likeness (QED) is 0.541. The Balaban J connectivity index is 2.70. The zero-order valence-corrected chi connectivity index (χ0v) is 8.16. The smallest absolute Gasteiger partial charge is 0.213 e. The lowest BCUT2D eigenvalue weighted by Crippen LogP contribution is -1.87. The summed E-state index contributed by atoms with van der Waals surface area (Å²) in [4.78, 5) is 0.934. The third-order valence-electron chi connectivity index (χ3n) is 2.25. The molecule has 0 aliphatic carbocycles. The molecule has 1 aliphatic rings. The fraction of sp³-hybridized carbons (Fsp3) is 0.333. The number of rotatable bonds is 1. The number of methoxy groups -OCH3 is 1. The Bertz CT molecular complexity index is 358. The van der Waals surface area contributed by atoms with E-state index in [-0.39, 0.29) is 0 Å². The topological polar surface area (TPSA) is 21.8 Å². The van der Waals surface area contributed by atoms with E-state index in [9.17, 15) is 0 Å². The van der Waals surface area contributed by atoms with Gasteiger partial charge in [0, 0.05) is 0 Å². The summed E-state index contributed by atoms with van der Waals surface area (Å²) in [5, 5.41) is 0.